The van der Waals surface area contributed by atoms with Gasteiger partial charge >= 0.3 is 23.4 Å². The highest BCUT2D eigenvalue weighted by atomic mass is 32.2. The lowest BCUT2D eigenvalue weighted by Gasteiger charge is -2.25. The Morgan fingerprint density at radius 1 is 1.36 bits per heavy atom. The summed E-state index contributed by atoms with van der Waals surface area (Å²) in [5.74, 6) is -1.97. The molecule has 1 saturated heterocycles. The fourth-order valence-corrected chi connectivity index (χ4v) is 4.82. The number of carbonyl (C=O) groups is 1. The maximum absolute atomic E-state index is 12.5. The van der Waals surface area contributed by atoms with Gasteiger partial charge in [-0.05, 0) is 33.0 Å². The standard InChI is InChI=1S/C13H26BN3O7S/c1-11(15)7-12(11,2)24-25(22,23)17-6-9(4-3-5-14(20)21)13(16,8-17)10(18)19/h9,20-21H,3-8,15-16H2,1-2H3,(H,18,19)/t9-,11?,12?,13-/m0/s1. The molecule has 144 valence electrons. The Balaban J connectivity index is 2.11. The van der Waals surface area contributed by atoms with Gasteiger partial charge < -0.3 is 26.6 Å². The molecular formula is C13H26BN3O7S. The van der Waals surface area contributed by atoms with Crippen molar-refractivity contribution in [2.45, 2.75) is 56.1 Å². The maximum atomic E-state index is 12.5. The molecule has 25 heavy (non-hydrogen) atoms. The van der Waals surface area contributed by atoms with Crippen LogP contribution in [-0.4, -0.2) is 70.7 Å². The van der Waals surface area contributed by atoms with Crippen molar-refractivity contribution >= 4 is 23.4 Å². The Kier molecular flexibility index (Phi) is 5.30. The number of rotatable bonds is 8. The number of hydrogen-bond acceptors (Lipinski definition) is 8. The van der Waals surface area contributed by atoms with Gasteiger partial charge in [0.1, 0.15) is 11.1 Å². The number of carboxylic acid groups (broad SMARTS) is 1. The summed E-state index contributed by atoms with van der Waals surface area (Å²) in [7, 11) is -5.70. The second-order valence-electron chi connectivity index (χ2n) is 7.61. The molecule has 2 fully saturated rings. The normalized spacial score (nSPS) is 38.7. The molecule has 1 aliphatic carbocycles. The molecule has 0 radical (unpaired) electrons. The van der Waals surface area contributed by atoms with Gasteiger partial charge in [0.25, 0.3) is 0 Å². The van der Waals surface area contributed by atoms with Crippen LogP contribution >= 0.6 is 0 Å². The molecule has 1 saturated carbocycles. The fourth-order valence-electron chi connectivity index (χ4n) is 3.27. The molecule has 0 amide bonds. The van der Waals surface area contributed by atoms with Crippen LogP contribution in [0.3, 0.4) is 0 Å². The molecule has 12 heteroatoms. The zero-order valence-corrected chi connectivity index (χ0v) is 15.2. The van der Waals surface area contributed by atoms with E-state index in [1.54, 1.807) is 13.8 Å². The molecule has 1 heterocycles. The minimum atomic E-state index is -4.19. The number of carboxylic acids is 1. The van der Waals surface area contributed by atoms with Crippen LogP contribution in [0.4, 0.5) is 0 Å². The second kappa shape index (κ2) is 6.45. The van der Waals surface area contributed by atoms with Crippen LogP contribution in [0.1, 0.15) is 33.1 Å². The highest BCUT2D eigenvalue weighted by molar-refractivity contribution is 7.84. The van der Waals surface area contributed by atoms with E-state index in [0.717, 1.165) is 4.31 Å². The van der Waals surface area contributed by atoms with E-state index in [1.165, 1.54) is 0 Å². The van der Waals surface area contributed by atoms with Gasteiger partial charge in [-0.15, -0.1) is 0 Å². The van der Waals surface area contributed by atoms with Crippen molar-refractivity contribution in [1.29, 1.82) is 0 Å². The molecule has 0 spiro atoms. The summed E-state index contributed by atoms with van der Waals surface area (Å²) in [6.07, 6.45) is 0.983. The molecule has 10 nitrogen and oxygen atoms in total. The molecule has 0 aromatic rings. The second-order valence-corrected chi connectivity index (χ2v) is 9.15. The first-order valence-corrected chi connectivity index (χ1v) is 9.48. The highest BCUT2D eigenvalue weighted by Crippen LogP contribution is 2.49. The largest absolute Gasteiger partial charge is 0.480 e. The minimum absolute atomic E-state index is 0.0546. The zero-order valence-electron chi connectivity index (χ0n) is 14.4. The van der Waals surface area contributed by atoms with Gasteiger partial charge in [-0.25, -0.2) is 4.18 Å². The van der Waals surface area contributed by atoms with Crippen molar-refractivity contribution in [1.82, 2.24) is 4.31 Å². The van der Waals surface area contributed by atoms with E-state index < -0.39 is 52.5 Å². The predicted molar refractivity (Wildman–Crippen MR) is 89.5 cm³/mol. The van der Waals surface area contributed by atoms with Crippen molar-refractivity contribution in [2.75, 3.05) is 13.1 Å². The first-order valence-electron chi connectivity index (χ1n) is 8.11. The first kappa shape index (κ1) is 20.6. The van der Waals surface area contributed by atoms with Gasteiger partial charge in [-0.1, -0.05) is 6.42 Å². The third kappa shape index (κ3) is 4.00. The van der Waals surface area contributed by atoms with Gasteiger partial charge in [-0.3, -0.25) is 4.79 Å². The van der Waals surface area contributed by atoms with Gasteiger partial charge in [0.05, 0.1) is 0 Å². The summed E-state index contributed by atoms with van der Waals surface area (Å²) in [5, 5.41) is 27.3. The van der Waals surface area contributed by atoms with Crippen molar-refractivity contribution < 1.29 is 32.5 Å². The monoisotopic (exact) mass is 379 g/mol. The molecule has 0 bridgehead atoms. The lowest BCUT2D eigenvalue weighted by molar-refractivity contribution is -0.144. The van der Waals surface area contributed by atoms with Gasteiger partial charge in [0, 0.05) is 24.5 Å². The molecular weight excluding hydrogens is 353 g/mol. The van der Waals surface area contributed by atoms with Crippen LogP contribution in [0, 0.1) is 5.92 Å². The summed E-state index contributed by atoms with van der Waals surface area (Å²) in [4.78, 5) is 11.6. The summed E-state index contributed by atoms with van der Waals surface area (Å²) < 4.78 is 31.2. The third-order valence-corrected chi connectivity index (χ3v) is 6.89. The van der Waals surface area contributed by atoms with E-state index in [1.807, 2.05) is 0 Å². The number of hydrogen-bond donors (Lipinski definition) is 5. The van der Waals surface area contributed by atoms with Crippen LogP contribution < -0.4 is 11.5 Å². The molecule has 2 unspecified atom stereocenters. The topological polar surface area (TPSA) is 176 Å². The smallest absolute Gasteiger partial charge is 0.451 e. The molecule has 0 aromatic carbocycles. The third-order valence-electron chi connectivity index (χ3n) is 5.40. The van der Waals surface area contributed by atoms with Crippen LogP contribution in [0.15, 0.2) is 0 Å². The number of aliphatic carboxylic acids is 1. The summed E-state index contributed by atoms with van der Waals surface area (Å²) in [6, 6.07) is 0. The van der Waals surface area contributed by atoms with Crippen LogP contribution in [0.5, 0.6) is 0 Å². The number of nitrogens with two attached hydrogens (primary N) is 2. The number of nitrogens with zero attached hydrogens (tertiary/aromatic N) is 1. The predicted octanol–water partition coefficient (Wildman–Crippen LogP) is -1.91. The highest BCUT2D eigenvalue weighted by Gasteiger charge is 2.64. The lowest BCUT2D eigenvalue weighted by Crippen LogP contribution is -2.55. The average Bonchev–Trinajstić information content (AvgIpc) is 2.76. The Hall–Kier alpha value is -0.755. The zero-order chi connectivity index (χ0) is 19.3. The van der Waals surface area contributed by atoms with Crippen LogP contribution in [0.25, 0.3) is 0 Å². The van der Waals surface area contributed by atoms with Gasteiger partial charge in [0.2, 0.25) is 0 Å². The van der Waals surface area contributed by atoms with E-state index in [0.29, 0.717) is 12.8 Å². The Morgan fingerprint density at radius 3 is 2.36 bits per heavy atom. The van der Waals surface area contributed by atoms with E-state index in [-0.39, 0.29) is 19.3 Å². The average molecular weight is 379 g/mol. The van der Waals surface area contributed by atoms with E-state index >= 15 is 0 Å². The van der Waals surface area contributed by atoms with Crippen molar-refractivity contribution in [3.63, 3.8) is 0 Å². The minimum Gasteiger partial charge on any atom is -0.480 e. The molecule has 4 atom stereocenters. The molecule has 0 aromatic heterocycles. The van der Waals surface area contributed by atoms with Gasteiger partial charge in [0.15, 0.2) is 0 Å². The maximum Gasteiger partial charge on any atom is 0.451 e. The van der Waals surface area contributed by atoms with Crippen molar-refractivity contribution in [3.05, 3.63) is 0 Å². The van der Waals surface area contributed by atoms with Crippen LogP contribution in [-0.2, 0) is 19.3 Å². The van der Waals surface area contributed by atoms with E-state index in [9.17, 15) is 18.3 Å². The Morgan fingerprint density at radius 2 is 1.92 bits per heavy atom. The molecule has 2 rings (SSSR count). The van der Waals surface area contributed by atoms with Gasteiger partial charge in [-0.2, -0.15) is 12.7 Å². The summed E-state index contributed by atoms with van der Waals surface area (Å²) in [6.45, 7) is 2.76. The van der Waals surface area contributed by atoms with Crippen molar-refractivity contribution in [3.8, 4) is 0 Å². The summed E-state index contributed by atoms with van der Waals surface area (Å²) in [5.41, 5.74) is 8.33. The molecule has 7 N–H and O–H groups in total. The molecule has 1 aliphatic heterocycles. The van der Waals surface area contributed by atoms with E-state index in [2.05, 4.69) is 0 Å². The first-order chi connectivity index (χ1) is 11.2. The SMILES string of the molecule is CC1(N)CC1(C)OS(=O)(=O)N1C[C@H](CCCB(O)O)[C@](N)(C(=O)O)C1. The quantitative estimate of drug-likeness (QED) is 0.301. The summed E-state index contributed by atoms with van der Waals surface area (Å²) >= 11 is 0. The Bertz CT molecular complexity index is 644. The molecule has 2 aliphatic rings. The van der Waals surface area contributed by atoms with Crippen molar-refractivity contribution in [2.24, 2.45) is 17.4 Å². The Labute approximate surface area is 147 Å². The fraction of sp³-hybridized carbons (Fsp3) is 0.923. The van der Waals surface area contributed by atoms with Crippen LogP contribution in [0.2, 0.25) is 6.32 Å². The lowest BCUT2D eigenvalue weighted by atomic mass is 9.78. The van der Waals surface area contributed by atoms with E-state index in [4.69, 9.17) is 25.7 Å².